The van der Waals surface area contributed by atoms with Crippen molar-refractivity contribution in [1.82, 2.24) is 19.6 Å². The number of benzene rings is 1. The second-order valence-corrected chi connectivity index (χ2v) is 6.37. The second kappa shape index (κ2) is 7.91. The zero-order valence-corrected chi connectivity index (χ0v) is 15.6. The van der Waals surface area contributed by atoms with Crippen LogP contribution in [0.1, 0.15) is 11.5 Å². The molecular weight excluding hydrogens is 423 g/mol. The van der Waals surface area contributed by atoms with Crippen LogP contribution in [0, 0.1) is 0 Å². The maximum Gasteiger partial charge on any atom is 0.573 e. The van der Waals surface area contributed by atoms with Crippen molar-refractivity contribution in [3.8, 4) is 16.9 Å². The third kappa shape index (κ3) is 4.77. The number of ether oxygens (including phenoxy) is 2. The third-order valence-electron chi connectivity index (χ3n) is 4.21. The Kier molecular flexibility index (Phi) is 5.27. The number of pyridine rings is 2. The normalized spacial score (nSPS) is 12.3. The molecule has 0 atom stereocenters. The average Bonchev–Trinajstić information content (AvgIpc) is 3.17. The molecule has 0 saturated heterocycles. The molecule has 0 amide bonds. The van der Waals surface area contributed by atoms with E-state index in [-0.39, 0.29) is 5.65 Å². The lowest BCUT2D eigenvalue weighted by molar-refractivity contribution is -0.274. The Morgan fingerprint density at radius 3 is 2.26 bits per heavy atom. The van der Waals surface area contributed by atoms with Crippen molar-refractivity contribution in [1.29, 1.82) is 0 Å². The molecule has 0 aliphatic rings. The van der Waals surface area contributed by atoms with Gasteiger partial charge in [-0.3, -0.25) is 9.38 Å². The molecule has 0 unspecified atom stereocenters. The van der Waals surface area contributed by atoms with Gasteiger partial charge >= 0.3 is 12.5 Å². The molecule has 0 aliphatic heterocycles. The monoisotopic (exact) mass is 436 g/mol. The highest BCUT2D eigenvalue weighted by molar-refractivity contribution is 5.65. The highest BCUT2D eigenvalue weighted by Gasteiger charge is 2.39. The van der Waals surface area contributed by atoms with Crippen molar-refractivity contribution in [3.05, 3.63) is 78.5 Å². The maximum absolute atomic E-state index is 14.7. The Balaban J connectivity index is 1.60. The quantitative estimate of drug-likeness (QED) is 0.400. The Morgan fingerprint density at radius 2 is 1.58 bits per heavy atom. The van der Waals surface area contributed by atoms with Gasteiger partial charge in [-0.2, -0.15) is 8.78 Å². The van der Waals surface area contributed by atoms with Gasteiger partial charge in [-0.15, -0.1) is 23.4 Å². The van der Waals surface area contributed by atoms with E-state index in [1.54, 1.807) is 24.3 Å². The first kappa shape index (κ1) is 20.7. The molecule has 0 radical (unpaired) electrons. The Bertz CT molecular complexity index is 1180. The van der Waals surface area contributed by atoms with Gasteiger partial charge in [0.1, 0.15) is 5.75 Å². The van der Waals surface area contributed by atoms with Crippen LogP contribution in [0.3, 0.4) is 0 Å². The Hall–Kier alpha value is -3.60. The van der Waals surface area contributed by atoms with Gasteiger partial charge in [0.15, 0.2) is 5.65 Å². The molecule has 0 N–H and O–H groups in total. The largest absolute Gasteiger partial charge is 0.573 e. The fraction of sp³-hybridized carbons (Fsp3) is 0.150. The molecule has 0 saturated carbocycles. The van der Waals surface area contributed by atoms with Gasteiger partial charge in [0, 0.05) is 12.4 Å². The summed E-state index contributed by atoms with van der Waals surface area (Å²) in [6.07, 6.45) is -5.76. The molecule has 1 aromatic carbocycles. The number of fused-ring (bicyclic) bond motifs is 1. The van der Waals surface area contributed by atoms with Crippen molar-refractivity contribution in [2.24, 2.45) is 0 Å². The van der Waals surface area contributed by atoms with Crippen LogP contribution in [0.15, 0.2) is 67.0 Å². The summed E-state index contributed by atoms with van der Waals surface area (Å²) in [7, 11) is 0. The minimum absolute atomic E-state index is 0.150. The maximum atomic E-state index is 14.7. The van der Waals surface area contributed by atoms with Crippen LogP contribution < -0.4 is 4.74 Å². The topological polar surface area (TPSA) is 61.5 Å². The summed E-state index contributed by atoms with van der Waals surface area (Å²) in [4.78, 5) is 3.93. The lowest BCUT2D eigenvalue weighted by atomic mass is 10.1. The standard InChI is InChI=1S/C20H13F5N4O2/c21-19(22,30-12-15-3-1-2-10-26-15)18-28-27-17-9-6-14(11-29(17)18)13-4-7-16(8-5-13)31-20(23,24)25/h1-11H,12H2. The third-order valence-corrected chi connectivity index (χ3v) is 4.21. The smallest absolute Gasteiger partial charge is 0.406 e. The summed E-state index contributed by atoms with van der Waals surface area (Å²) in [5.74, 6) is -1.13. The first-order valence-corrected chi connectivity index (χ1v) is 8.84. The molecule has 4 rings (SSSR count). The van der Waals surface area contributed by atoms with Crippen LogP contribution in [0.2, 0.25) is 0 Å². The highest BCUT2D eigenvalue weighted by atomic mass is 19.4. The van der Waals surface area contributed by atoms with Gasteiger partial charge in [-0.05, 0) is 47.5 Å². The van der Waals surface area contributed by atoms with Gasteiger partial charge in [0.05, 0.1) is 12.3 Å². The van der Waals surface area contributed by atoms with Crippen molar-refractivity contribution in [2.45, 2.75) is 19.1 Å². The van der Waals surface area contributed by atoms with Crippen LogP contribution in [-0.4, -0.2) is 25.9 Å². The zero-order valence-electron chi connectivity index (χ0n) is 15.6. The first-order chi connectivity index (χ1) is 14.7. The van der Waals surface area contributed by atoms with Crippen LogP contribution >= 0.6 is 0 Å². The van der Waals surface area contributed by atoms with Gasteiger partial charge < -0.3 is 9.47 Å². The fourth-order valence-electron chi connectivity index (χ4n) is 2.82. The highest BCUT2D eigenvalue weighted by Crippen LogP contribution is 2.31. The van der Waals surface area contributed by atoms with Crippen LogP contribution in [0.4, 0.5) is 22.0 Å². The van der Waals surface area contributed by atoms with Crippen LogP contribution in [0.25, 0.3) is 16.8 Å². The number of rotatable bonds is 6. The molecule has 3 heterocycles. The molecule has 6 nitrogen and oxygen atoms in total. The zero-order chi connectivity index (χ0) is 22.1. The van der Waals surface area contributed by atoms with E-state index in [9.17, 15) is 22.0 Å². The molecule has 160 valence electrons. The first-order valence-electron chi connectivity index (χ1n) is 8.84. The summed E-state index contributed by atoms with van der Waals surface area (Å²) in [6.45, 7) is -0.441. The average molecular weight is 436 g/mol. The van der Waals surface area contributed by atoms with E-state index < -0.39 is 30.7 Å². The van der Waals surface area contributed by atoms with Gasteiger partial charge in [-0.25, -0.2) is 0 Å². The number of nitrogens with zero attached hydrogens (tertiary/aromatic N) is 4. The molecule has 0 fully saturated rings. The van der Waals surface area contributed by atoms with Crippen molar-refractivity contribution in [3.63, 3.8) is 0 Å². The second-order valence-electron chi connectivity index (χ2n) is 6.37. The van der Waals surface area contributed by atoms with Crippen molar-refractivity contribution >= 4 is 5.65 Å². The number of hydrogen-bond donors (Lipinski definition) is 0. The molecule has 0 spiro atoms. The Labute approximate surface area is 171 Å². The molecule has 11 heteroatoms. The van der Waals surface area contributed by atoms with Gasteiger partial charge in [0.2, 0.25) is 5.82 Å². The van der Waals surface area contributed by atoms with E-state index in [2.05, 4.69) is 19.9 Å². The van der Waals surface area contributed by atoms with E-state index in [4.69, 9.17) is 4.74 Å². The summed E-state index contributed by atoms with van der Waals surface area (Å²) >= 11 is 0. The number of alkyl halides is 5. The predicted molar refractivity (Wildman–Crippen MR) is 98.0 cm³/mol. The van der Waals surface area contributed by atoms with Crippen molar-refractivity contribution in [2.75, 3.05) is 0 Å². The van der Waals surface area contributed by atoms with E-state index >= 15 is 0 Å². The van der Waals surface area contributed by atoms with E-state index in [0.29, 0.717) is 16.8 Å². The SMILES string of the molecule is FC(F)(F)Oc1ccc(-c2ccc3nnc(C(F)(F)OCc4ccccn4)n3c2)cc1. The van der Waals surface area contributed by atoms with Crippen LogP contribution in [-0.2, 0) is 17.5 Å². The van der Waals surface area contributed by atoms with Crippen LogP contribution in [0.5, 0.6) is 5.75 Å². The minimum atomic E-state index is -4.81. The molecule has 0 bridgehead atoms. The Morgan fingerprint density at radius 1 is 0.839 bits per heavy atom. The number of hydrogen-bond acceptors (Lipinski definition) is 5. The lowest BCUT2D eigenvalue weighted by Crippen LogP contribution is -2.22. The van der Waals surface area contributed by atoms with Gasteiger partial charge in [0.25, 0.3) is 0 Å². The summed E-state index contributed by atoms with van der Waals surface area (Å²) in [5.41, 5.74) is 1.40. The molecule has 31 heavy (non-hydrogen) atoms. The van der Waals surface area contributed by atoms with Gasteiger partial charge in [-0.1, -0.05) is 18.2 Å². The van der Waals surface area contributed by atoms with Crippen molar-refractivity contribution < 1.29 is 31.4 Å². The predicted octanol–water partition coefficient (Wildman–Crippen LogP) is 4.96. The lowest BCUT2D eigenvalue weighted by Gasteiger charge is -2.15. The van der Waals surface area contributed by atoms with E-state index in [0.717, 1.165) is 16.5 Å². The van der Waals surface area contributed by atoms with E-state index in [1.165, 1.54) is 30.6 Å². The summed E-state index contributed by atoms with van der Waals surface area (Å²) < 4.78 is 75.8. The van der Waals surface area contributed by atoms with E-state index in [1.807, 2.05) is 0 Å². The molecule has 4 aromatic rings. The molecule has 0 aliphatic carbocycles. The number of aromatic nitrogens is 4. The number of halogens is 5. The summed E-state index contributed by atoms with van der Waals surface area (Å²) in [6, 6.07) is 12.9. The summed E-state index contributed by atoms with van der Waals surface area (Å²) in [5, 5.41) is 7.26. The minimum Gasteiger partial charge on any atom is -0.406 e. The molecule has 3 aromatic heterocycles. The molecular formula is C20H13F5N4O2. The fourth-order valence-corrected chi connectivity index (χ4v) is 2.82.